The second-order valence-electron chi connectivity index (χ2n) is 8.00. The fourth-order valence-corrected chi connectivity index (χ4v) is 5.40. The van der Waals surface area contributed by atoms with Gasteiger partial charge in [0.05, 0.1) is 13.2 Å². The van der Waals surface area contributed by atoms with Gasteiger partial charge in [0.1, 0.15) is 24.3 Å². The van der Waals surface area contributed by atoms with E-state index in [-0.39, 0.29) is 30.1 Å². The molecule has 5 atom stereocenters. The van der Waals surface area contributed by atoms with E-state index in [1.807, 2.05) is 27.7 Å². The van der Waals surface area contributed by atoms with Crippen molar-refractivity contribution in [3.8, 4) is 0 Å². The lowest BCUT2D eigenvalue weighted by molar-refractivity contribution is -0.117. The highest BCUT2D eigenvalue weighted by atomic mass is 32.2. The summed E-state index contributed by atoms with van der Waals surface area (Å²) in [5.41, 5.74) is 4.53. The molecule has 0 spiro atoms. The molecule has 0 aromatic carbocycles. The lowest BCUT2D eigenvalue weighted by Gasteiger charge is -2.31. The highest BCUT2D eigenvalue weighted by Crippen LogP contribution is 2.57. The number of phosphoric ester groups is 1. The van der Waals surface area contributed by atoms with Crippen LogP contribution in [0.3, 0.4) is 0 Å². The van der Waals surface area contributed by atoms with Gasteiger partial charge in [-0.2, -0.15) is 4.98 Å². The third-order valence-corrected chi connectivity index (χ3v) is 7.31. The summed E-state index contributed by atoms with van der Waals surface area (Å²) >= 11 is 1.11. The summed E-state index contributed by atoms with van der Waals surface area (Å²) in [6, 6.07) is 1.50. The number of nitrogen functional groups attached to an aromatic ring is 1. The van der Waals surface area contributed by atoms with Crippen LogP contribution in [-0.4, -0.2) is 45.8 Å². The number of thioether (sulfide) groups is 1. The quantitative estimate of drug-likeness (QED) is 0.529. The topological polar surface area (TPSA) is 132 Å². The van der Waals surface area contributed by atoms with Gasteiger partial charge in [0.2, 0.25) is 0 Å². The van der Waals surface area contributed by atoms with Gasteiger partial charge >= 0.3 is 13.5 Å². The molecule has 0 aliphatic carbocycles. The van der Waals surface area contributed by atoms with Crippen LogP contribution in [0.25, 0.3) is 0 Å². The van der Waals surface area contributed by atoms with Gasteiger partial charge in [0, 0.05) is 23.3 Å². The van der Waals surface area contributed by atoms with E-state index in [4.69, 9.17) is 24.0 Å². The van der Waals surface area contributed by atoms with E-state index >= 15 is 0 Å². The van der Waals surface area contributed by atoms with E-state index in [1.165, 1.54) is 16.8 Å². The minimum Gasteiger partial charge on any atom is -0.383 e. The summed E-state index contributed by atoms with van der Waals surface area (Å²) in [7, 11) is -3.79. The smallest absolute Gasteiger partial charge is 0.383 e. The van der Waals surface area contributed by atoms with Crippen molar-refractivity contribution in [2.75, 3.05) is 24.7 Å². The minimum absolute atomic E-state index is 0.00794. The van der Waals surface area contributed by atoms with E-state index in [1.54, 1.807) is 0 Å². The van der Waals surface area contributed by atoms with E-state index in [9.17, 15) is 14.2 Å². The van der Waals surface area contributed by atoms with E-state index < -0.39 is 37.4 Å². The maximum absolute atomic E-state index is 12.8. The van der Waals surface area contributed by atoms with Crippen LogP contribution in [0.4, 0.5) is 5.82 Å². The molecule has 0 bridgehead atoms. The van der Waals surface area contributed by atoms with Gasteiger partial charge in [0.15, 0.2) is 5.12 Å². The number of fused-ring (bicyclic) bond motifs is 1. The van der Waals surface area contributed by atoms with Crippen LogP contribution >= 0.6 is 19.6 Å². The van der Waals surface area contributed by atoms with Crippen LogP contribution in [0.15, 0.2) is 17.1 Å². The van der Waals surface area contributed by atoms with Gasteiger partial charge < -0.3 is 10.5 Å². The largest absolute Gasteiger partial charge is 0.475 e. The third kappa shape index (κ3) is 5.10. The number of carbonyl (C=O) groups is 1. The number of phosphoric acid groups is 1. The normalized spacial score (nSPS) is 32.1. The molecule has 2 aliphatic heterocycles. The molecule has 1 aromatic rings. The number of carbonyl (C=O) groups excluding carboxylic acids is 1. The molecular weight excluding hydrogens is 421 g/mol. The first kappa shape index (κ1) is 22.5. The summed E-state index contributed by atoms with van der Waals surface area (Å²) in [5.74, 6) is 0.151. The summed E-state index contributed by atoms with van der Waals surface area (Å²) in [5, 5.41) is 0.0214. The summed E-state index contributed by atoms with van der Waals surface area (Å²) < 4.78 is 36.3. The molecule has 0 radical (unpaired) electrons. The number of hydrogen-bond donors (Lipinski definition) is 1. The lowest BCUT2D eigenvalue weighted by Crippen LogP contribution is -2.36. The Morgan fingerprint density at radius 1 is 1.48 bits per heavy atom. The van der Waals surface area contributed by atoms with E-state index in [2.05, 4.69) is 4.98 Å². The minimum atomic E-state index is -3.79. The molecule has 2 fully saturated rings. The fourth-order valence-electron chi connectivity index (χ4n) is 3.03. The van der Waals surface area contributed by atoms with Crippen molar-refractivity contribution in [3.05, 3.63) is 22.7 Å². The van der Waals surface area contributed by atoms with E-state index in [0.29, 0.717) is 5.75 Å². The van der Waals surface area contributed by atoms with E-state index in [0.717, 1.165) is 11.8 Å². The fraction of sp³-hybridized carbons (Fsp3) is 0.706. The molecule has 2 aliphatic rings. The number of ether oxygens (including phenoxy) is 1. The number of anilines is 1. The van der Waals surface area contributed by atoms with Gasteiger partial charge in [-0.1, -0.05) is 39.5 Å². The zero-order valence-electron chi connectivity index (χ0n) is 16.8. The molecule has 2 saturated heterocycles. The first-order valence-corrected chi connectivity index (χ1v) is 11.7. The molecule has 10 nitrogen and oxygen atoms in total. The van der Waals surface area contributed by atoms with Crippen molar-refractivity contribution in [3.63, 3.8) is 0 Å². The number of rotatable bonds is 5. The Hall–Kier alpha value is -1.23. The number of hydrogen-bond acceptors (Lipinski definition) is 10. The maximum Gasteiger partial charge on any atom is 0.475 e. The Bertz CT molecular complexity index is 871. The number of aromatic nitrogens is 2. The van der Waals surface area contributed by atoms with Crippen LogP contribution in [0.5, 0.6) is 0 Å². The zero-order chi connectivity index (χ0) is 21.4. The number of nitrogens with two attached hydrogens (primary N) is 1. The highest BCUT2D eigenvalue weighted by molar-refractivity contribution is 8.13. The molecule has 162 valence electrons. The van der Waals surface area contributed by atoms with Crippen molar-refractivity contribution >= 4 is 30.5 Å². The van der Waals surface area contributed by atoms with Gasteiger partial charge in [-0.05, 0) is 6.07 Å². The summed E-state index contributed by atoms with van der Waals surface area (Å²) in [6.07, 6.45) is -0.223. The zero-order valence-corrected chi connectivity index (χ0v) is 18.5. The standard InChI is InChI=1S/C17H26N3O7PS/c1-10-13-11(26-14(10)20-6-5-12(18)19-16(20)22)9-25-28(23,27-13)24-7-8-29-15(21)17(2,3)4/h5-6,10-11,13-14H,7-9H2,1-4H3,(H2,18,19,22). The van der Waals surface area contributed by atoms with Crippen molar-refractivity contribution in [1.82, 2.24) is 9.55 Å². The Morgan fingerprint density at radius 3 is 2.86 bits per heavy atom. The maximum atomic E-state index is 12.8. The second-order valence-corrected chi connectivity index (χ2v) is 10.7. The van der Waals surface area contributed by atoms with Crippen molar-refractivity contribution in [2.24, 2.45) is 11.3 Å². The Balaban J connectivity index is 1.59. The monoisotopic (exact) mass is 447 g/mol. The lowest BCUT2D eigenvalue weighted by atomic mass is 10.00. The Labute approximate surface area is 173 Å². The van der Waals surface area contributed by atoms with Crippen LogP contribution < -0.4 is 11.4 Å². The molecule has 3 rings (SSSR count). The average Bonchev–Trinajstić information content (AvgIpc) is 2.94. The molecule has 1 aromatic heterocycles. The first-order valence-electron chi connectivity index (χ1n) is 9.25. The summed E-state index contributed by atoms with van der Waals surface area (Å²) in [4.78, 5) is 27.7. The Morgan fingerprint density at radius 2 is 2.21 bits per heavy atom. The SMILES string of the molecule is CC1C2OP(=O)(OCCSC(=O)C(C)(C)C)OCC2OC1n1ccc(N)nc1=O. The molecule has 5 unspecified atom stereocenters. The molecule has 2 N–H and O–H groups in total. The summed E-state index contributed by atoms with van der Waals surface area (Å²) in [6.45, 7) is 7.37. The van der Waals surface area contributed by atoms with Crippen LogP contribution in [0.2, 0.25) is 0 Å². The van der Waals surface area contributed by atoms with Gasteiger partial charge in [-0.25, -0.2) is 9.36 Å². The molecule has 0 saturated carbocycles. The van der Waals surface area contributed by atoms with Crippen molar-refractivity contribution in [2.45, 2.75) is 46.1 Å². The average molecular weight is 447 g/mol. The highest BCUT2D eigenvalue weighted by Gasteiger charge is 2.52. The molecule has 29 heavy (non-hydrogen) atoms. The second kappa shape index (κ2) is 8.49. The van der Waals surface area contributed by atoms with Gasteiger partial charge in [-0.3, -0.25) is 22.9 Å². The molecule has 3 heterocycles. The molecule has 12 heteroatoms. The van der Waals surface area contributed by atoms with Crippen molar-refractivity contribution in [1.29, 1.82) is 0 Å². The first-order chi connectivity index (χ1) is 13.5. The van der Waals surface area contributed by atoms with Crippen molar-refractivity contribution < 1.29 is 27.7 Å². The van der Waals surface area contributed by atoms with Crippen LogP contribution in [-0.2, 0) is 27.7 Å². The van der Waals surface area contributed by atoms with Crippen LogP contribution in [0, 0.1) is 11.3 Å². The predicted octanol–water partition coefficient (Wildman–Crippen LogP) is 2.21. The molecule has 0 amide bonds. The molecular formula is C17H26N3O7PS. The third-order valence-electron chi connectivity index (χ3n) is 4.60. The van der Waals surface area contributed by atoms with Gasteiger partial charge in [-0.15, -0.1) is 0 Å². The number of nitrogens with zero attached hydrogens (tertiary/aromatic N) is 2. The van der Waals surface area contributed by atoms with Gasteiger partial charge in [0.25, 0.3) is 0 Å². The predicted molar refractivity (Wildman–Crippen MR) is 107 cm³/mol. The Kier molecular flexibility index (Phi) is 6.57. The van der Waals surface area contributed by atoms with Crippen LogP contribution in [0.1, 0.15) is 33.9 Å².